The number of halogens is 3. The van der Waals surface area contributed by atoms with Crippen LogP contribution in [0.4, 0.5) is 24.5 Å². The van der Waals surface area contributed by atoms with Gasteiger partial charge in [0.1, 0.15) is 5.69 Å². The molecular weight excluding hydrogens is 569 g/mol. The van der Waals surface area contributed by atoms with E-state index in [1.165, 1.54) is 30.2 Å². The molecule has 1 aromatic heterocycles. The van der Waals surface area contributed by atoms with Crippen molar-refractivity contribution in [3.05, 3.63) is 59.8 Å². The minimum atomic E-state index is -5.33. The summed E-state index contributed by atoms with van der Waals surface area (Å²) in [6.45, 7) is 1.78. The SMILES string of the molecule is COC(=O)c1ccc2c(c1)N(CCCCCN)C(=O)C(c1cn(CC3CCCO3)c3ccccc13)N2OC(=O)C(F)(F)F. The molecule has 43 heavy (non-hydrogen) atoms. The number of para-hydroxylation sites is 1. The summed E-state index contributed by atoms with van der Waals surface area (Å²) >= 11 is 0. The van der Waals surface area contributed by atoms with E-state index < -0.39 is 30.1 Å². The third kappa shape index (κ3) is 6.18. The number of ether oxygens (including phenoxy) is 2. The molecule has 1 amide bonds. The van der Waals surface area contributed by atoms with Gasteiger partial charge in [-0.05, 0) is 56.5 Å². The number of rotatable bonds is 10. The zero-order valence-corrected chi connectivity index (χ0v) is 23.6. The zero-order valence-electron chi connectivity index (χ0n) is 23.6. The number of hydrogen-bond acceptors (Lipinski definition) is 8. The molecule has 13 heteroatoms. The van der Waals surface area contributed by atoms with Gasteiger partial charge in [0.25, 0.3) is 5.91 Å². The predicted molar refractivity (Wildman–Crippen MR) is 151 cm³/mol. The number of benzene rings is 2. The van der Waals surface area contributed by atoms with Crippen molar-refractivity contribution in [2.45, 2.75) is 57.0 Å². The molecular formula is C30H33F3N4O6. The number of alkyl halides is 3. The number of methoxy groups -OCH3 is 1. The van der Waals surface area contributed by atoms with E-state index in [1.807, 2.05) is 16.7 Å². The van der Waals surface area contributed by atoms with Crippen molar-refractivity contribution >= 4 is 40.1 Å². The van der Waals surface area contributed by atoms with Crippen LogP contribution in [0.1, 0.15) is 54.1 Å². The molecule has 0 aliphatic carbocycles. The highest BCUT2D eigenvalue weighted by Crippen LogP contribution is 2.45. The highest BCUT2D eigenvalue weighted by molar-refractivity contribution is 6.09. The fourth-order valence-electron chi connectivity index (χ4n) is 5.65. The highest BCUT2D eigenvalue weighted by atomic mass is 19.4. The van der Waals surface area contributed by atoms with Gasteiger partial charge in [-0.25, -0.2) is 9.59 Å². The van der Waals surface area contributed by atoms with Crippen LogP contribution in [0, 0.1) is 0 Å². The fourth-order valence-corrected chi connectivity index (χ4v) is 5.65. The first kappa shape index (κ1) is 30.4. The van der Waals surface area contributed by atoms with E-state index >= 15 is 0 Å². The molecule has 10 nitrogen and oxygen atoms in total. The number of aromatic nitrogens is 1. The molecule has 0 saturated carbocycles. The smallest absolute Gasteiger partial charge is 0.465 e. The van der Waals surface area contributed by atoms with Crippen molar-refractivity contribution in [1.29, 1.82) is 0 Å². The summed E-state index contributed by atoms with van der Waals surface area (Å²) < 4.78 is 53.2. The standard InChI is InChI=1S/C30H33F3N4O6/c1-41-28(39)19-11-12-24-25(16-19)36(14-6-2-5-13-34)27(38)26(37(24)43-29(40)30(31,32)33)22-18-35(17-20-8-7-15-42-20)23-10-4-3-9-21(22)23/h3-4,9-12,16,18,20,26H,2,5-8,13-15,17,34H2,1H3. The Bertz CT molecular complexity index is 1500. The van der Waals surface area contributed by atoms with E-state index in [-0.39, 0.29) is 29.6 Å². The number of fused-ring (bicyclic) bond motifs is 2. The molecule has 5 rings (SSSR count). The van der Waals surface area contributed by atoms with Crippen LogP contribution in [0.25, 0.3) is 10.9 Å². The Morgan fingerprint density at radius 2 is 1.88 bits per heavy atom. The molecule has 1 saturated heterocycles. The molecule has 2 atom stereocenters. The average Bonchev–Trinajstić information content (AvgIpc) is 3.64. The lowest BCUT2D eigenvalue weighted by molar-refractivity contribution is -0.202. The number of esters is 1. The molecule has 0 radical (unpaired) electrons. The molecule has 2 unspecified atom stereocenters. The monoisotopic (exact) mass is 602 g/mol. The van der Waals surface area contributed by atoms with E-state index in [0.29, 0.717) is 55.0 Å². The summed E-state index contributed by atoms with van der Waals surface area (Å²) in [5.41, 5.74) is 6.98. The first-order valence-electron chi connectivity index (χ1n) is 14.2. The van der Waals surface area contributed by atoms with Gasteiger partial charge >= 0.3 is 18.1 Å². The Morgan fingerprint density at radius 1 is 1.09 bits per heavy atom. The zero-order chi connectivity index (χ0) is 30.7. The van der Waals surface area contributed by atoms with Crippen molar-refractivity contribution in [2.24, 2.45) is 5.73 Å². The van der Waals surface area contributed by atoms with Crippen molar-refractivity contribution in [3.8, 4) is 0 Å². The van der Waals surface area contributed by atoms with E-state index in [0.717, 1.165) is 18.4 Å². The first-order chi connectivity index (χ1) is 20.6. The molecule has 0 spiro atoms. The summed E-state index contributed by atoms with van der Waals surface area (Å²) in [6.07, 6.45) is 0.0596. The first-order valence-corrected chi connectivity index (χ1v) is 14.2. The number of nitrogens with zero attached hydrogens (tertiary/aromatic N) is 3. The van der Waals surface area contributed by atoms with Gasteiger partial charge in [0, 0.05) is 42.4 Å². The summed E-state index contributed by atoms with van der Waals surface area (Å²) in [7, 11) is 1.19. The van der Waals surface area contributed by atoms with Crippen molar-refractivity contribution in [3.63, 3.8) is 0 Å². The second kappa shape index (κ2) is 12.6. The summed E-state index contributed by atoms with van der Waals surface area (Å²) in [5.74, 6) is -3.79. The van der Waals surface area contributed by atoms with E-state index in [1.54, 1.807) is 18.3 Å². The van der Waals surface area contributed by atoms with Crippen LogP contribution in [-0.2, 0) is 30.4 Å². The van der Waals surface area contributed by atoms with Crippen LogP contribution in [-0.4, -0.2) is 61.5 Å². The molecule has 3 heterocycles. The van der Waals surface area contributed by atoms with Gasteiger partial charge in [-0.3, -0.25) is 4.79 Å². The second-order valence-electron chi connectivity index (χ2n) is 10.5. The number of hydrogen-bond donors (Lipinski definition) is 1. The van der Waals surface area contributed by atoms with Crippen LogP contribution < -0.4 is 15.7 Å². The number of amides is 1. The van der Waals surface area contributed by atoms with Gasteiger partial charge < -0.3 is 29.5 Å². The average molecular weight is 603 g/mol. The van der Waals surface area contributed by atoms with Crippen LogP contribution >= 0.6 is 0 Å². The summed E-state index contributed by atoms with van der Waals surface area (Å²) in [6, 6.07) is 9.82. The van der Waals surface area contributed by atoms with Gasteiger partial charge in [-0.15, -0.1) is 0 Å². The molecule has 230 valence electrons. The van der Waals surface area contributed by atoms with Gasteiger partial charge in [-0.2, -0.15) is 18.2 Å². The normalized spacial score (nSPS) is 18.7. The van der Waals surface area contributed by atoms with Gasteiger partial charge in [0.05, 0.1) is 24.5 Å². The van der Waals surface area contributed by atoms with Crippen LogP contribution in [0.2, 0.25) is 0 Å². The molecule has 0 bridgehead atoms. The molecule has 1 fully saturated rings. The van der Waals surface area contributed by atoms with Crippen molar-refractivity contribution < 1.29 is 41.9 Å². The predicted octanol–water partition coefficient (Wildman–Crippen LogP) is 4.65. The van der Waals surface area contributed by atoms with Crippen molar-refractivity contribution in [2.75, 3.05) is 36.8 Å². The quantitative estimate of drug-likeness (QED) is 0.263. The van der Waals surface area contributed by atoms with Crippen LogP contribution in [0.3, 0.4) is 0 Å². The molecule has 2 N–H and O–H groups in total. The number of carbonyl (C=O) groups excluding carboxylic acids is 3. The highest BCUT2D eigenvalue weighted by Gasteiger charge is 2.48. The molecule has 3 aromatic rings. The van der Waals surface area contributed by atoms with Crippen LogP contribution in [0.15, 0.2) is 48.7 Å². The second-order valence-corrected chi connectivity index (χ2v) is 10.5. The Hall–Kier alpha value is -4.10. The largest absolute Gasteiger partial charge is 0.493 e. The van der Waals surface area contributed by atoms with Gasteiger partial charge in [0.15, 0.2) is 6.04 Å². The minimum absolute atomic E-state index is 0.0182. The number of nitrogens with two attached hydrogens (primary N) is 1. The third-order valence-corrected chi connectivity index (χ3v) is 7.70. The number of anilines is 2. The lowest BCUT2D eigenvalue weighted by atomic mass is 9.98. The minimum Gasteiger partial charge on any atom is -0.465 e. The lowest BCUT2D eigenvalue weighted by Crippen LogP contribution is -2.50. The third-order valence-electron chi connectivity index (χ3n) is 7.70. The molecule has 2 aliphatic rings. The Kier molecular flexibility index (Phi) is 8.92. The Labute approximate surface area is 246 Å². The van der Waals surface area contributed by atoms with E-state index in [2.05, 4.69) is 0 Å². The number of carbonyl (C=O) groups is 3. The maximum Gasteiger partial charge on any atom is 0.493 e. The fraction of sp³-hybridized carbons (Fsp3) is 0.433. The topological polar surface area (TPSA) is 116 Å². The lowest BCUT2D eigenvalue weighted by Gasteiger charge is -2.41. The maximum absolute atomic E-state index is 14.4. The maximum atomic E-state index is 14.4. The summed E-state index contributed by atoms with van der Waals surface area (Å²) in [5, 5.41) is 1.33. The number of unbranched alkanes of at least 4 members (excludes halogenated alkanes) is 2. The summed E-state index contributed by atoms with van der Waals surface area (Å²) in [4.78, 5) is 45.4. The molecule has 2 aromatic carbocycles. The van der Waals surface area contributed by atoms with Gasteiger partial charge in [0.2, 0.25) is 0 Å². The van der Waals surface area contributed by atoms with Crippen LogP contribution in [0.5, 0.6) is 0 Å². The van der Waals surface area contributed by atoms with Gasteiger partial charge in [-0.1, -0.05) is 24.6 Å². The number of hydroxylamine groups is 1. The van der Waals surface area contributed by atoms with E-state index in [9.17, 15) is 27.6 Å². The van der Waals surface area contributed by atoms with Crippen molar-refractivity contribution in [1.82, 2.24) is 4.57 Å². The van der Waals surface area contributed by atoms with E-state index in [4.69, 9.17) is 20.0 Å². The molecule has 2 aliphatic heterocycles. The Balaban J connectivity index is 1.66. The Morgan fingerprint density at radius 3 is 2.58 bits per heavy atom.